The van der Waals surface area contributed by atoms with Gasteiger partial charge in [-0.3, -0.25) is 10.2 Å². The van der Waals surface area contributed by atoms with E-state index in [1.165, 1.54) is 0 Å². The van der Waals surface area contributed by atoms with E-state index in [4.69, 9.17) is 5.84 Å². The van der Waals surface area contributed by atoms with Gasteiger partial charge in [-0.1, -0.05) is 0 Å². The van der Waals surface area contributed by atoms with Crippen LogP contribution in [-0.2, 0) is 4.79 Å². The van der Waals surface area contributed by atoms with Gasteiger partial charge in [-0.2, -0.15) is 0 Å². The molecule has 5 heteroatoms. The van der Waals surface area contributed by atoms with Gasteiger partial charge in [0.1, 0.15) is 0 Å². The predicted octanol–water partition coefficient (Wildman–Crippen LogP) is 0.268. The van der Waals surface area contributed by atoms with Crippen LogP contribution in [0.1, 0.15) is 12.8 Å². The number of hydrogen-bond donors (Lipinski definition) is 2. The van der Waals surface area contributed by atoms with E-state index in [0.29, 0.717) is 12.8 Å². The molecule has 2 atom stereocenters. The third kappa shape index (κ3) is 1.48. The average Bonchev–Trinajstić information content (AvgIpc) is 1.83. The molecule has 1 aliphatic carbocycles. The molecule has 0 aliphatic heterocycles. The van der Waals surface area contributed by atoms with E-state index in [1.807, 2.05) is 5.43 Å². The highest BCUT2D eigenvalue weighted by molar-refractivity contribution is 5.79. The number of alkyl halides is 2. The number of rotatable bonds is 2. The number of halogens is 2. The van der Waals surface area contributed by atoms with E-state index in [9.17, 15) is 13.6 Å². The Hall–Kier alpha value is -0.710. The van der Waals surface area contributed by atoms with Crippen LogP contribution >= 0.6 is 0 Å². The normalized spacial score (nSPS) is 29.8. The van der Waals surface area contributed by atoms with Gasteiger partial charge in [0, 0.05) is 11.8 Å². The fourth-order valence-corrected chi connectivity index (χ4v) is 1.26. The first-order valence-corrected chi connectivity index (χ1v) is 3.45. The van der Waals surface area contributed by atoms with Gasteiger partial charge in [-0.15, -0.1) is 0 Å². The zero-order valence-electron chi connectivity index (χ0n) is 5.89. The highest BCUT2D eigenvalue weighted by Gasteiger charge is 2.41. The van der Waals surface area contributed by atoms with Crippen molar-refractivity contribution in [1.82, 2.24) is 5.43 Å². The molecule has 0 saturated heterocycles. The lowest BCUT2D eigenvalue weighted by molar-refractivity contribution is -0.135. The fraction of sp³-hybridized carbons (Fsp3) is 0.833. The minimum Gasteiger partial charge on any atom is -0.294 e. The summed E-state index contributed by atoms with van der Waals surface area (Å²) < 4.78 is 24.0. The second-order valence-corrected chi connectivity index (χ2v) is 2.69. The van der Waals surface area contributed by atoms with Crippen LogP contribution in [0, 0.1) is 11.8 Å². The van der Waals surface area contributed by atoms with Crippen molar-refractivity contribution in [1.29, 1.82) is 0 Å². The zero-order valence-corrected chi connectivity index (χ0v) is 5.89. The second kappa shape index (κ2) is 3.13. The first-order chi connectivity index (χ1) is 5.16. The van der Waals surface area contributed by atoms with Gasteiger partial charge in [0.25, 0.3) is 0 Å². The molecule has 1 amide bonds. The molecule has 0 aromatic heterocycles. The number of nitrogens with one attached hydrogen (secondary N) is 1. The van der Waals surface area contributed by atoms with Crippen molar-refractivity contribution < 1.29 is 13.6 Å². The van der Waals surface area contributed by atoms with Crippen molar-refractivity contribution in [2.75, 3.05) is 0 Å². The van der Waals surface area contributed by atoms with Gasteiger partial charge in [0.05, 0.1) is 0 Å². The standard InChI is InChI=1S/C6H10F2N2O/c7-5(8)3-1-2-4(3)6(11)10-9/h3-5H,1-2,9H2,(H,10,11)/t3?,4-/m1/s1. The Kier molecular flexibility index (Phi) is 2.38. The van der Waals surface area contributed by atoms with Gasteiger partial charge in [0.2, 0.25) is 12.3 Å². The largest absolute Gasteiger partial charge is 0.294 e. The maximum absolute atomic E-state index is 12.0. The molecule has 0 heterocycles. The van der Waals surface area contributed by atoms with E-state index < -0.39 is 24.2 Å². The van der Waals surface area contributed by atoms with E-state index in [1.54, 1.807) is 0 Å². The maximum atomic E-state index is 12.0. The van der Waals surface area contributed by atoms with E-state index >= 15 is 0 Å². The molecule has 0 spiro atoms. The summed E-state index contributed by atoms with van der Waals surface area (Å²) in [7, 11) is 0. The van der Waals surface area contributed by atoms with Crippen LogP contribution in [0.4, 0.5) is 8.78 Å². The summed E-state index contributed by atoms with van der Waals surface area (Å²) in [6.07, 6.45) is -1.45. The van der Waals surface area contributed by atoms with Crippen LogP contribution in [0.2, 0.25) is 0 Å². The summed E-state index contributed by atoms with van der Waals surface area (Å²) in [4.78, 5) is 10.7. The zero-order chi connectivity index (χ0) is 8.43. The van der Waals surface area contributed by atoms with Crippen LogP contribution in [0.15, 0.2) is 0 Å². The van der Waals surface area contributed by atoms with Crippen LogP contribution < -0.4 is 11.3 Å². The molecule has 1 unspecified atom stereocenters. The molecule has 11 heavy (non-hydrogen) atoms. The minimum atomic E-state index is -2.40. The van der Waals surface area contributed by atoms with Crippen LogP contribution in [0.5, 0.6) is 0 Å². The van der Waals surface area contributed by atoms with Crippen molar-refractivity contribution in [2.24, 2.45) is 17.7 Å². The van der Waals surface area contributed by atoms with Crippen LogP contribution in [-0.4, -0.2) is 12.3 Å². The molecule has 3 N–H and O–H groups in total. The molecule has 3 nitrogen and oxygen atoms in total. The van der Waals surface area contributed by atoms with E-state index in [2.05, 4.69) is 0 Å². The molecular formula is C6H10F2N2O. The number of hydrazine groups is 1. The summed E-state index contributed by atoms with van der Waals surface area (Å²) in [6, 6.07) is 0. The van der Waals surface area contributed by atoms with Gasteiger partial charge < -0.3 is 0 Å². The third-order valence-corrected chi connectivity index (χ3v) is 2.13. The lowest BCUT2D eigenvalue weighted by Crippen LogP contribution is -2.45. The van der Waals surface area contributed by atoms with Crippen LogP contribution in [0.3, 0.4) is 0 Å². The molecule has 0 aromatic carbocycles. The number of amides is 1. The molecule has 64 valence electrons. The SMILES string of the molecule is NNC(=O)[C@@H]1CCC1C(F)F. The van der Waals surface area contributed by atoms with Gasteiger partial charge in [-0.05, 0) is 12.8 Å². The van der Waals surface area contributed by atoms with Crippen molar-refractivity contribution >= 4 is 5.91 Å². The second-order valence-electron chi connectivity index (χ2n) is 2.69. The number of carbonyl (C=O) groups is 1. The average molecular weight is 164 g/mol. The Morgan fingerprint density at radius 1 is 1.55 bits per heavy atom. The van der Waals surface area contributed by atoms with Gasteiger partial charge in [-0.25, -0.2) is 14.6 Å². The Morgan fingerprint density at radius 2 is 2.18 bits per heavy atom. The van der Waals surface area contributed by atoms with Gasteiger partial charge in [0.15, 0.2) is 0 Å². The summed E-state index contributed by atoms with van der Waals surface area (Å²) in [5, 5.41) is 0. The lowest BCUT2D eigenvalue weighted by atomic mass is 9.73. The molecule has 0 radical (unpaired) electrons. The monoisotopic (exact) mass is 164 g/mol. The summed E-state index contributed by atoms with van der Waals surface area (Å²) >= 11 is 0. The summed E-state index contributed by atoms with van der Waals surface area (Å²) in [6.45, 7) is 0. The summed E-state index contributed by atoms with van der Waals surface area (Å²) in [5.74, 6) is 2.98. The van der Waals surface area contributed by atoms with Crippen molar-refractivity contribution in [2.45, 2.75) is 19.3 Å². The maximum Gasteiger partial charge on any atom is 0.242 e. The smallest absolute Gasteiger partial charge is 0.242 e. The number of hydrogen-bond acceptors (Lipinski definition) is 2. The predicted molar refractivity (Wildman–Crippen MR) is 34.5 cm³/mol. The molecule has 0 aromatic rings. The first-order valence-electron chi connectivity index (χ1n) is 3.45. The van der Waals surface area contributed by atoms with E-state index in [0.717, 1.165) is 0 Å². The fourth-order valence-electron chi connectivity index (χ4n) is 1.26. The quantitative estimate of drug-likeness (QED) is 0.349. The number of carbonyl (C=O) groups excluding carboxylic acids is 1. The molecule has 1 aliphatic rings. The third-order valence-electron chi connectivity index (χ3n) is 2.13. The lowest BCUT2D eigenvalue weighted by Gasteiger charge is -2.33. The Morgan fingerprint density at radius 3 is 2.45 bits per heavy atom. The van der Waals surface area contributed by atoms with Gasteiger partial charge >= 0.3 is 0 Å². The topological polar surface area (TPSA) is 55.1 Å². The van der Waals surface area contributed by atoms with Crippen molar-refractivity contribution in [3.05, 3.63) is 0 Å². The molecule has 1 saturated carbocycles. The Bertz CT molecular complexity index is 163. The van der Waals surface area contributed by atoms with Crippen molar-refractivity contribution in [3.8, 4) is 0 Å². The molecule has 1 fully saturated rings. The van der Waals surface area contributed by atoms with Crippen molar-refractivity contribution in [3.63, 3.8) is 0 Å². The molecule has 1 rings (SSSR count). The van der Waals surface area contributed by atoms with Crippen LogP contribution in [0.25, 0.3) is 0 Å². The number of nitrogens with two attached hydrogens (primary N) is 1. The first kappa shape index (κ1) is 8.39. The highest BCUT2D eigenvalue weighted by Crippen LogP contribution is 2.38. The molecular weight excluding hydrogens is 154 g/mol. The minimum absolute atomic E-state index is 0.426. The Labute approximate surface area is 62.9 Å². The van der Waals surface area contributed by atoms with E-state index in [-0.39, 0.29) is 0 Å². The highest BCUT2D eigenvalue weighted by atomic mass is 19.3. The Balaban J connectivity index is 2.43. The molecule has 0 bridgehead atoms. The summed E-state index contributed by atoms with van der Waals surface area (Å²) in [5.41, 5.74) is 1.88.